The standard InChI is InChI=1S/C28H36O5S/c1-19-4-8-22(9-5-19)34(29,30)33-17-16-32-27-13-12-26-25-10-6-20-18-21(31-3)7-11-23(20)24(25)14-15-28(26,27)2/h4-5,7-9,11,18,24-27H,6,10,12-17H2,1-3H3. The lowest BCUT2D eigenvalue weighted by atomic mass is 9.55. The molecule has 0 N–H and O–H groups in total. The molecule has 0 bridgehead atoms. The molecule has 0 amide bonds. The van der Waals surface area contributed by atoms with E-state index in [-0.39, 0.29) is 23.0 Å². The quantitative estimate of drug-likeness (QED) is 0.375. The second-order valence-electron chi connectivity index (χ2n) is 10.6. The minimum Gasteiger partial charge on any atom is -0.497 e. The summed E-state index contributed by atoms with van der Waals surface area (Å²) < 4.78 is 41.9. The number of rotatable bonds is 7. The van der Waals surface area contributed by atoms with Crippen LogP contribution in [0.1, 0.15) is 61.6 Å². The van der Waals surface area contributed by atoms with Gasteiger partial charge in [0, 0.05) is 0 Å². The minimum absolute atomic E-state index is 0.0503. The molecule has 0 saturated heterocycles. The average Bonchev–Trinajstić information content (AvgIpc) is 3.17. The van der Waals surface area contributed by atoms with Crippen molar-refractivity contribution >= 4 is 10.1 Å². The van der Waals surface area contributed by atoms with Gasteiger partial charge in [-0.2, -0.15) is 8.42 Å². The first-order valence-electron chi connectivity index (χ1n) is 12.6. The Hall–Kier alpha value is -1.89. The van der Waals surface area contributed by atoms with Gasteiger partial charge in [-0.25, -0.2) is 0 Å². The van der Waals surface area contributed by atoms with Crippen molar-refractivity contribution in [2.24, 2.45) is 17.3 Å². The van der Waals surface area contributed by atoms with Gasteiger partial charge in [-0.15, -0.1) is 0 Å². The molecule has 5 atom stereocenters. The molecule has 5 unspecified atom stereocenters. The number of hydrogen-bond acceptors (Lipinski definition) is 5. The first-order chi connectivity index (χ1) is 16.3. The summed E-state index contributed by atoms with van der Waals surface area (Å²) >= 11 is 0. The number of benzene rings is 2. The fraction of sp³-hybridized carbons (Fsp3) is 0.571. The Morgan fingerprint density at radius 3 is 2.56 bits per heavy atom. The Labute approximate surface area is 203 Å². The maximum Gasteiger partial charge on any atom is 0.297 e. The molecule has 3 aliphatic rings. The topological polar surface area (TPSA) is 61.8 Å². The zero-order valence-corrected chi connectivity index (χ0v) is 21.3. The van der Waals surface area contributed by atoms with Crippen molar-refractivity contribution < 1.29 is 22.1 Å². The SMILES string of the molecule is COc1ccc2c(c1)CCC1C2CCC2(C)C(OCCOS(=O)(=O)c3ccc(C)cc3)CCC12. The third-order valence-corrected chi connectivity index (χ3v) is 10.1. The smallest absolute Gasteiger partial charge is 0.297 e. The number of hydrogen-bond donors (Lipinski definition) is 0. The van der Waals surface area contributed by atoms with E-state index in [4.69, 9.17) is 13.7 Å². The summed E-state index contributed by atoms with van der Waals surface area (Å²) in [6.07, 6.45) is 7.10. The first-order valence-corrected chi connectivity index (χ1v) is 14.0. The Morgan fingerprint density at radius 2 is 1.79 bits per heavy atom. The fourth-order valence-corrected chi connectivity index (χ4v) is 7.91. The van der Waals surface area contributed by atoms with Gasteiger partial charge >= 0.3 is 0 Å². The maximum absolute atomic E-state index is 12.4. The van der Waals surface area contributed by atoms with E-state index < -0.39 is 10.1 Å². The molecule has 0 radical (unpaired) electrons. The normalized spacial score (nSPS) is 30.3. The van der Waals surface area contributed by atoms with Crippen LogP contribution in [-0.2, 0) is 25.5 Å². The largest absolute Gasteiger partial charge is 0.497 e. The molecule has 184 valence electrons. The van der Waals surface area contributed by atoms with Crippen molar-refractivity contribution in [3.05, 3.63) is 59.2 Å². The van der Waals surface area contributed by atoms with Gasteiger partial charge in [0.25, 0.3) is 10.1 Å². The Bertz CT molecular complexity index is 1130. The average molecular weight is 485 g/mol. The zero-order valence-electron chi connectivity index (χ0n) is 20.5. The monoisotopic (exact) mass is 484 g/mol. The fourth-order valence-electron chi connectivity index (χ4n) is 7.02. The highest BCUT2D eigenvalue weighted by molar-refractivity contribution is 7.86. The highest BCUT2D eigenvalue weighted by Crippen LogP contribution is 2.61. The molecule has 6 heteroatoms. The summed E-state index contributed by atoms with van der Waals surface area (Å²) in [5.41, 5.74) is 4.16. The predicted octanol–water partition coefficient (Wildman–Crippen LogP) is 5.65. The molecule has 0 spiro atoms. The van der Waals surface area contributed by atoms with Crippen molar-refractivity contribution in [3.8, 4) is 5.75 Å². The van der Waals surface area contributed by atoms with E-state index in [2.05, 4.69) is 25.1 Å². The van der Waals surface area contributed by atoms with Crippen LogP contribution in [0.2, 0.25) is 0 Å². The Morgan fingerprint density at radius 1 is 1.00 bits per heavy atom. The lowest BCUT2D eigenvalue weighted by Gasteiger charge is -2.50. The van der Waals surface area contributed by atoms with Gasteiger partial charge in [0.2, 0.25) is 0 Å². The molecule has 0 aliphatic heterocycles. The Balaban J connectivity index is 1.20. The molecule has 0 aromatic heterocycles. The highest BCUT2D eigenvalue weighted by atomic mass is 32.2. The molecule has 2 aromatic rings. The van der Waals surface area contributed by atoms with Crippen molar-refractivity contribution in [1.82, 2.24) is 0 Å². The number of aryl methyl sites for hydroxylation is 2. The van der Waals surface area contributed by atoms with Crippen molar-refractivity contribution in [2.75, 3.05) is 20.3 Å². The molecule has 2 aromatic carbocycles. The summed E-state index contributed by atoms with van der Waals surface area (Å²) in [7, 11) is -2.01. The van der Waals surface area contributed by atoms with Crippen LogP contribution in [0.25, 0.3) is 0 Å². The molecule has 3 aliphatic carbocycles. The summed E-state index contributed by atoms with van der Waals surface area (Å²) in [5.74, 6) is 2.95. The van der Waals surface area contributed by atoms with Crippen LogP contribution in [0.3, 0.4) is 0 Å². The molecule has 5 nitrogen and oxygen atoms in total. The first kappa shape index (κ1) is 23.8. The van der Waals surface area contributed by atoms with E-state index in [0.29, 0.717) is 24.4 Å². The van der Waals surface area contributed by atoms with Crippen molar-refractivity contribution in [3.63, 3.8) is 0 Å². The van der Waals surface area contributed by atoms with E-state index in [1.54, 1.807) is 31.4 Å². The van der Waals surface area contributed by atoms with Crippen LogP contribution in [-0.4, -0.2) is 34.8 Å². The molecule has 0 heterocycles. The second kappa shape index (κ2) is 9.29. The van der Waals surface area contributed by atoms with Gasteiger partial charge < -0.3 is 9.47 Å². The lowest BCUT2D eigenvalue weighted by Crippen LogP contribution is -2.45. The lowest BCUT2D eigenvalue weighted by molar-refractivity contribution is -0.0690. The van der Waals surface area contributed by atoms with Crippen LogP contribution in [0, 0.1) is 24.2 Å². The van der Waals surface area contributed by atoms with E-state index in [1.807, 2.05) is 6.92 Å². The number of methoxy groups -OCH3 is 1. The predicted molar refractivity (Wildman–Crippen MR) is 132 cm³/mol. The summed E-state index contributed by atoms with van der Waals surface area (Å²) in [4.78, 5) is 0.194. The van der Waals surface area contributed by atoms with E-state index in [1.165, 1.54) is 30.4 Å². The van der Waals surface area contributed by atoms with Gasteiger partial charge in [0.15, 0.2) is 0 Å². The van der Waals surface area contributed by atoms with Gasteiger partial charge in [-0.05, 0) is 104 Å². The summed E-state index contributed by atoms with van der Waals surface area (Å²) in [6.45, 7) is 4.68. The van der Waals surface area contributed by atoms with E-state index in [0.717, 1.165) is 30.6 Å². The molecule has 34 heavy (non-hydrogen) atoms. The Kier molecular flexibility index (Phi) is 6.51. The number of fused-ring (bicyclic) bond motifs is 5. The van der Waals surface area contributed by atoms with Crippen LogP contribution >= 0.6 is 0 Å². The van der Waals surface area contributed by atoms with Crippen molar-refractivity contribution in [1.29, 1.82) is 0 Å². The van der Waals surface area contributed by atoms with Crippen LogP contribution in [0.4, 0.5) is 0 Å². The van der Waals surface area contributed by atoms with E-state index >= 15 is 0 Å². The van der Waals surface area contributed by atoms with Crippen molar-refractivity contribution in [2.45, 2.75) is 69.3 Å². The summed E-state index contributed by atoms with van der Waals surface area (Å²) in [5, 5.41) is 0. The maximum atomic E-state index is 12.4. The third-order valence-electron chi connectivity index (χ3n) is 8.80. The molecule has 2 fully saturated rings. The molecule has 5 rings (SSSR count). The molecular weight excluding hydrogens is 448 g/mol. The summed E-state index contributed by atoms with van der Waals surface area (Å²) in [6, 6.07) is 13.4. The van der Waals surface area contributed by atoms with Gasteiger partial charge in [-0.3, -0.25) is 4.18 Å². The van der Waals surface area contributed by atoms with Crippen LogP contribution in [0.5, 0.6) is 5.75 Å². The molecule has 2 saturated carbocycles. The van der Waals surface area contributed by atoms with Crippen LogP contribution < -0.4 is 4.74 Å². The van der Waals surface area contributed by atoms with Gasteiger partial charge in [0.05, 0.1) is 31.3 Å². The zero-order chi connectivity index (χ0) is 23.9. The van der Waals surface area contributed by atoms with Gasteiger partial charge in [0.1, 0.15) is 5.75 Å². The minimum atomic E-state index is -3.75. The number of ether oxygens (including phenoxy) is 2. The van der Waals surface area contributed by atoms with Crippen LogP contribution in [0.15, 0.2) is 47.4 Å². The third kappa shape index (κ3) is 4.29. The van der Waals surface area contributed by atoms with Gasteiger partial charge in [-0.1, -0.05) is 30.7 Å². The second-order valence-corrected chi connectivity index (χ2v) is 12.2. The van der Waals surface area contributed by atoms with E-state index in [9.17, 15) is 8.42 Å². The highest BCUT2D eigenvalue weighted by Gasteiger charge is 2.55. The molecular formula is C28H36O5S.